The number of hydrogen-bond donors (Lipinski definition) is 4. The molecule has 2 heterocycles. The molecule has 1 aromatic heterocycles. The highest BCUT2D eigenvalue weighted by Gasteiger charge is 2.24. The minimum absolute atomic E-state index is 0.222. The van der Waals surface area contributed by atoms with E-state index in [0.29, 0.717) is 22.9 Å². The van der Waals surface area contributed by atoms with Crippen LogP contribution >= 0.6 is 0 Å². The van der Waals surface area contributed by atoms with Crippen molar-refractivity contribution in [3.8, 4) is 11.3 Å². The third-order valence-corrected chi connectivity index (χ3v) is 4.00. The summed E-state index contributed by atoms with van der Waals surface area (Å²) in [6, 6.07) is 3.44. The van der Waals surface area contributed by atoms with E-state index < -0.39 is 11.6 Å². The van der Waals surface area contributed by atoms with Crippen LogP contribution in [0.15, 0.2) is 36.2 Å². The summed E-state index contributed by atoms with van der Waals surface area (Å²) in [5, 5.41) is 0. The summed E-state index contributed by atoms with van der Waals surface area (Å²) in [5.41, 5.74) is 19.1. The molecule has 0 atom stereocenters. The molecule has 0 saturated carbocycles. The van der Waals surface area contributed by atoms with E-state index in [1.165, 1.54) is 12.1 Å². The first kappa shape index (κ1) is 17.0. The number of allylic oxidation sites excluding steroid dienone is 2. The van der Waals surface area contributed by atoms with Crippen LogP contribution in [0.5, 0.6) is 0 Å². The van der Waals surface area contributed by atoms with Gasteiger partial charge >= 0.3 is 0 Å². The summed E-state index contributed by atoms with van der Waals surface area (Å²) in [6.07, 6.45) is 4.98. The van der Waals surface area contributed by atoms with Crippen LogP contribution in [0.25, 0.3) is 17.0 Å². The molecule has 0 bridgehead atoms. The standard InChI is InChI=1S/C17H20F2N6/c1-22-24-14(21)7-6-13(20)17-16(23-15-3-2-8-25(15)17)11-5-4-10(18)9-12(11)19/h4-7,9,22,24H,2-3,8,20-21H2,1H3/b13-6-,14-7+. The van der Waals surface area contributed by atoms with Gasteiger partial charge in [0.25, 0.3) is 0 Å². The zero-order valence-electron chi connectivity index (χ0n) is 13.8. The minimum Gasteiger partial charge on any atom is -0.397 e. The van der Waals surface area contributed by atoms with Gasteiger partial charge in [0.2, 0.25) is 0 Å². The Bertz CT molecular complexity index is 853. The fourth-order valence-electron chi connectivity index (χ4n) is 2.93. The Morgan fingerprint density at radius 2 is 2.08 bits per heavy atom. The topological polar surface area (TPSA) is 93.9 Å². The van der Waals surface area contributed by atoms with Gasteiger partial charge in [-0.1, -0.05) is 0 Å². The number of nitrogens with one attached hydrogen (secondary N) is 2. The summed E-state index contributed by atoms with van der Waals surface area (Å²) < 4.78 is 29.5. The smallest absolute Gasteiger partial charge is 0.135 e. The Morgan fingerprint density at radius 1 is 1.28 bits per heavy atom. The van der Waals surface area contributed by atoms with E-state index in [0.717, 1.165) is 31.3 Å². The number of hydrazine groups is 1. The van der Waals surface area contributed by atoms with Crippen molar-refractivity contribution in [1.29, 1.82) is 0 Å². The quantitative estimate of drug-likeness (QED) is 0.487. The van der Waals surface area contributed by atoms with E-state index in [1.807, 2.05) is 4.57 Å². The van der Waals surface area contributed by atoms with Crippen molar-refractivity contribution >= 4 is 5.70 Å². The van der Waals surface area contributed by atoms with Gasteiger partial charge in [-0.2, -0.15) is 0 Å². The predicted octanol–water partition coefficient (Wildman–Crippen LogP) is 1.60. The van der Waals surface area contributed by atoms with Gasteiger partial charge in [-0.25, -0.2) is 19.2 Å². The van der Waals surface area contributed by atoms with Gasteiger partial charge in [-0.05, 0) is 30.7 Å². The van der Waals surface area contributed by atoms with Crippen molar-refractivity contribution in [2.24, 2.45) is 11.5 Å². The number of nitrogens with zero attached hydrogens (tertiary/aromatic N) is 2. The van der Waals surface area contributed by atoms with Crippen LogP contribution in [0.2, 0.25) is 0 Å². The Hall–Kier alpha value is -2.87. The summed E-state index contributed by atoms with van der Waals surface area (Å²) >= 11 is 0. The number of rotatable bonds is 5. The average Bonchev–Trinajstić information content (AvgIpc) is 3.13. The monoisotopic (exact) mass is 346 g/mol. The van der Waals surface area contributed by atoms with Crippen molar-refractivity contribution in [2.45, 2.75) is 19.4 Å². The van der Waals surface area contributed by atoms with Crippen LogP contribution in [-0.4, -0.2) is 16.6 Å². The van der Waals surface area contributed by atoms with Crippen LogP contribution in [-0.2, 0) is 13.0 Å². The number of nitrogens with two attached hydrogens (primary N) is 2. The molecule has 0 amide bonds. The summed E-state index contributed by atoms with van der Waals surface area (Å²) in [5.74, 6) is -0.0823. The summed E-state index contributed by atoms with van der Waals surface area (Å²) in [7, 11) is 1.69. The van der Waals surface area contributed by atoms with Crippen LogP contribution in [0, 0.1) is 11.6 Å². The fourth-order valence-corrected chi connectivity index (χ4v) is 2.93. The van der Waals surface area contributed by atoms with E-state index in [9.17, 15) is 8.78 Å². The van der Waals surface area contributed by atoms with E-state index in [-0.39, 0.29) is 5.56 Å². The van der Waals surface area contributed by atoms with Gasteiger partial charge in [0, 0.05) is 31.6 Å². The molecule has 0 radical (unpaired) electrons. The number of aromatic nitrogens is 2. The number of benzene rings is 1. The highest BCUT2D eigenvalue weighted by molar-refractivity contribution is 5.77. The fraction of sp³-hybridized carbons (Fsp3) is 0.235. The summed E-state index contributed by atoms with van der Waals surface area (Å²) in [6.45, 7) is 0.753. The molecular formula is C17H20F2N6. The van der Waals surface area contributed by atoms with Crippen molar-refractivity contribution in [3.63, 3.8) is 0 Å². The highest BCUT2D eigenvalue weighted by atomic mass is 19.1. The molecule has 6 N–H and O–H groups in total. The van der Waals surface area contributed by atoms with Crippen molar-refractivity contribution in [1.82, 2.24) is 20.4 Å². The maximum atomic E-state index is 14.3. The van der Waals surface area contributed by atoms with Gasteiger partial charge in [0.1, 0.15) is 29.0 Å². The lowest BCUT2D eigenvalue weighted by Gasteiger charge is -2.09. The molecule has 1 aliphatic rings. The van der Waals surface area contributed by atoms with Gasteiger partial charge in [0.15, 0.2) is 0 Å². The van der Waals surface area contributed by atoms with Gasteiger partial charge in [0.05, 0.1) is 11.4 Å². The molecule has 0 saturated heterocycles. The average molecular weight is 346 g/mol. The lowest BCUT2D eigenvalue weighted by atomic mass is 10.1. The molecule has 0 unspecified atom stereocenters. The summed E-state index contributed by atoms with van der Waals surface area (Å²) in [4.78, 5) is 4.54. The number of halogens is 2. The van der Waals surface area contributed by atoms with E-state index in [2.05, 4.69) is 15.8 Å². The molecule has 0 fully saturated rings. The SMILES string of the molecule is CNN/C(N)=C/C=C(\N)c1c(-c2ccc(F)cc2F)nc2n1CCC2. The number of hydrogen-bond acceptors (Lipinski definition) is 5. The maximum absolute atomic E-state index is 14.3. The second-order valence-electron chi connectivity index (χ2n) is 5.72. The second-order valence-corrected chi connectivity index (χ2v) is 5.72. The molecular weight excluding hydrogens is 326 g/mol. The lowest BCUT2D eigenvalue weighted by molar-refractivity contribution is 0.585. The largest absolute Gasteiger partial charge is 0.397 e. The molecule has 6 nitrogen and oxygen atoms in total. The molecule has 2 aromatic rings. The maximum Gasteiger partial charge on any atom is 0.135 e. The Morgan fingerprint density at radius 3 is 2.80 bits per heavy atom. The first-order valence-corrected chi connectivity index (χ1v) is 7.92. The van der Waals surface area contributed by atoms with Crippen molar-refractivity contribution < 1.29 is 8.78 Å². The van der Waals surface area contributed by atoms with Crippen LogP contribution in [0.4, 0.5) is 8.78 Å². The van der Waals surface area contributed by atoms with Crippen LogP contribution in [0.1, 0.15) is 17.9 Å². The first-order valence-electron chi connectivity index (χ1n) is 7.92. The first-order chi connectivity index (χ1) is 12.0. The molecule has 132 valence electrons. The van der Waals surface area contributed by atoms with Gasteiger partial charge < -0.3 is 21.5 Å². The molecule has 1 aliphatic heterocycles. The van der Waals surface area contributed by atoms with Gasteiger partial charge in [-0.15, -0.1) is 0 Å². The van der Waals surface area contributed by atoms with Gasteiger partial charge in [-0.3, -0.25) is 0 Å². The lowest BCUT2D eigenvalue weighted by Crippen LogP contribution is -2.30. The second kappa shape index (κ2) is 6.94. The van der Waals surface area contributed by atoms with E-state index >= 15 is 0 Å². The molecule has 1 aromatic carbocycles. The number of fused-ring (bicyclic) bond motifs is 1. The molecule has 25 heavy (non-hydrogen) atoms. The zero-order chi connectivity index (χ0) is 18.0. The molecule has 0 aliphatic carbocycles. The van der Waals surface area contributed by atoms with E-state index in [4.69, 9.17) is 11.5 Å². The normalized spacial score (nSPS) is 14.7. The minimum atomic E-state index is -0.669. The molecule has 3 rings (SSSR count). The Balaban J connectivity index is 2.09. The van der Waals surface area contributed by atoms with Crippen molar-refractivity contribution in [3.05, 3.63) is 59.3 Å². The third-order valence-electron chi connectivity index (χ3n) is 4.00. The molecule has 8 heteroatoms. The van der Waals surface area contributed by atoms with Crippen LogP contribution in [0.3, 0.4) is 0 Å². The Kier molecular flexibility index (Phi) is 4.71. The number of aryl methyl sites for hydroxylation is 1. The third kappa shape index (κ3) is 3.34. The number of imidazole rings is 1. The zero-order valence-corrected chi connectivity index (χ0v) is 13.8. The van der Waals surface area contributed by atoms with Crippen molar-refractivity contribution in [2.75, 3.05) is 7.05 Å². The predicted molar refractivity (Wildman–Crippen MR) is 92.5 cm³/mol. The van der Waals surface area contributed by atoms with Crippen LogP contribution < -0.4 is 22.3 Å². The Labute approximate surface area is 144 Å². The highest BCUT2D eigenvalue weighted by Crippen LogP contribution is 2.32. The molecule has 0 spiro atoms. The van der Waals surface area contributed by atoms with E-state index in [1.54, 1.807) is 19.2 Å².